The Bertz CT molecular complexity index is 3140. The highest BCUT2D eigenvalue weighted by molar-refractivity contribution is 6.35. The zero-order valence-corrected chi connectivity index (χ0v) is 36.5. The Hall–Kier alpha value is -7.79. The van der Waals surface area contributed by atoms with Crippen LogP contribution in [-0.4, -0.2) is 63.4 Å². The Morgan fingerprint density at radius 1 is 0.516 bits per heavy atom. The maximum Gasteiger partial charge on any atom is 0.305 e. The lowest BCUT2D eigenvalue weighted by Crippen LogP contribution is -2.09. The second-order valence-corrected chi connectivity index (χ2v) is 15.8. The fourth-order valence-electron chi connectivity index (χ4n) is 8.50. The van der Waals surface area contributed by atoms with E-state index < -0.39 is 11.9 Å². The number of carbonyl (C=O) groups excluding carboxylic acids is 5. The Labute approximate surface area is 369 Å². The van der Waals surface area contributed by atoms with Gasteiger partial charge in [0, 0.05) is 40.6 Å². The van der Waals surface area contributed by atoms with Crippen LogP contribution in [0.15, 0.2) is 109 Å². The molecule has 0 saturated carbocycles. The molecule has 3 aromatic heterocycles. The van der Waals surface area contributed by atoms with Crippen LogP contribution in [-0.2, 0) is 25.5 Å². The van der Waals surface area contributed by atoms with Gasteiger partial charge in [0.05, 0.1) is 64.7 Å². The van der Waals surface area contributed by atoms with Crippen molar-refractivity contribution in [1.29, 1.82) is 0 Å². The van der Waals surface area contributed by atoms with E-state index in [1.54, 1.807) is 72.8 Å². The lowest BCUT2D eigenvalue weighted by Gasteiger charge is -2.11. The highest BCUT2D eigenvalue weighted by Crippen LogP contribution is 2.40. The maximum absolute atomic E-state index is 15.2. The summed E-state index contributed by atoms with van der Waals surface area (Å²) in [4.78, 5) is 87.2. The molecule has 2 N–H and O–H groups in total. The first-order valence-corrected chi connectivity index (χ1v) is 21.0. The van der Waals surface area contributed by atoms with Gasteiger partial charge in [-0.1, -0.05) is 91.0 Å². The van der Waals surface area contributed by atoms with E-state index in [1.807, 2.05) is 64.1 Å². The second-order valence-electron chi connectivity index (χ2n) is 15.8. The normalized spacial score (nSPS) is 12.3. The van der Waals surface area contributed by atoms with Gasteiger partial charge < -0.3 is 19.4 Å². The number of rotatable bonds is 12. The van der Waals surface area contributed by atoms with Crippen molar-refractivity contribution in [3.63, 3.8) is 0 Å². The minimum absolute atomic E-state index is 0.0129. The van der Waals surface area contributed by atoms with E-state index in [-0.39, 0.29) is 48.6 Å². The molecule has 0 aliphatic carbocycles. The number of aryl methyl sites for hydroxylation is 3. The zero-order valence-electron chi connectivity index (χ0n) is 36.5. The summed E-state index contributed by atoms with van der Waals surface area (Å²) >= 11 is 0. The van der Waals surface area contributed by atoms with Crippen molar-refractivity contribution >= 4 is 73.6 Å². The molecule has 11 nitrogen and oxygen atoms in total. The number of aromatic nitrogens is 4. The molecule has 11 heteroatoms. The van der Waals surface area contributed by atoms with Crippen molar-refractivity contribution in [1.82, 2.24) is 19.9 Å². The van der Waals surface area contributed by atoms with Crippen LogP contribution >= 0.6 is 0 Å². The predicted molar refractivity (Wildman–Crippen MR) is 248 cm³/mol. The summed E-state index contributed by atoms with van der Waals surface area (Å²) in [7, 11) is 2.66. The van der Waals surface area contributed by atoms with Crippen LogP contribution in [0.2, 0.25) is 0 Å². The topological polar surface area (TPSA) is 161 Å². The SMILES string of the molecule is COC(=O)CCC1=C(C)c2cc3[nH]c(cc4nc(cc5[nH]c(c(CCC(=O)OC)c5C)c(C(=O)c5ccccc5)c1n2)C(C(=O)c1ccccc1)=C4C)c(C(=O)c1ccccc1)c3C. The van der Waals surface area contributed by atoms with Crippen LogP contribution in [0.4, 0.5) is 0 Å². The summed E-state index contributed by atoms with van der Waals surface area (Å²) in [6.07, 6.45) is 0.420. The number of hydrogen-bond acceptors (Lipinski definition) is 9. The van der Waals surface area contributed by atoms with Crippen molar-refractivity contribution in [2.45, 2.75) is 53.4 Å². The molecule has 0 amide bonds. The van der Waals surface area contributed by atoms with Crippen molar-refractivity contribution in [2.24, 2.45) is 0 Å². The molecule has 0 unspecified atom stereocenters. The van der Waals surface area contributed by atoms with E-state index in [9.17, 15) is 19.2 Å². The highest BCUT2D eigenvalue weighted by atomic mass is 16.5. The van der Waals surface area contributed by atoms with Crippen LogP contribution < -0.4 is 0 Å². The number of nitrogens with zero attached hydrogens (tertiary/aromatic N) is 2. The van der Waals surface area contributed by atoms with E-state index in [2.05, 4.69) is 9.97 Å². The number of methoxy groups -OCH3 is 2. The molecule has 8 rings (SSSR count). The summed E-state index contributed by atoms with van der Waals surface area (Å²) in [5.41, 5.74) is 10.2. The molecule has 3 aromatic carbocycles. The van der Waals surface area contributed by atoms with Gasteiger partial charge in [-0.3, -0.25) is 24.0 Å². The van der Waals surface area contributed by atoms with Gasteiger partial charge in [0.1, 0.15) is 0 Å². The molecular weight excluding hydrogens is 805 g/mol. The number of esters is 2. The number of nitrogens with one attached hydrogen (secondary N) is 2. The first kappa shape index (κ1) is 42.9. The fraction of sp³-hybridized carbons (Fsp3) is 0.189. The van der Waals surface area contributed by atoms with Crippen LogP contribution in [0.25, 0.3) is 44.4 Å². The third-order valence-corrected chi connectivity index (χ3v) is 12.1. The molecule has 5 heterocycles. The maximum atomic E-state index is 15.2. The van der Waals surface area contributed by atoms with Gasteiger partial charge in [-0.2, -0.15) is 0 Å². The zero-order chi connectivity index (χ0) is 45.2. The van der Waals surface area contributed by atoms with Gasteiger partial charge in [-0.25, -0.2) is 9.97 Å². The molecule has 0 radical (unpaired) electrons. The Morgan fingerprint density at radius 2 is 1.00 bits per heavy atom. The van der Waals surface area contributed by atoms with Gasteiger partial charge in [0.25, 0.3) is 0 Å². The fourth-order valence-corrected chi connectivity index (χ4v) is 8.50. The number of benzene rings is 3. The van der Waals surface area contributed by atoms with E-state index in [4.69, 9.17) is 19.4 Å². The monoisotopic (exact) mass is 850 g/mol. The Kier molecular flexibility index (Phi) is 12.0. The van der Waals surface area contributed by atoms with Crippen LogP contribution in [0.3, 0.4) is 0 Å². The van der Waals surface area contributed by atoms with E-state index in [0.29, 0.717) is 94.9 Å². The molecule has 320 valence electrons. The minimum atomic E-state index is -0.431. The molecule has 0 atom stereocenters. The van der Waals surface area contributed by atoms with Gasteiger partial charge >= 0.3 is 11.9 Å². The molecule has 0 fully saturated rings. The first-order chi connectivity index (χ1) is 30.9. The van der Waals surface area contributed by atoms with Gasteiger partial charge in [0.2, 0.25) is 0 Å². The average Bonchev–Trinajstić information content (AvgIpc) is 4.00. The Morgan fingerprint density at radius 3 is 1.58 bits per heavy atom. The van der Waals surface area contributed by atoms with Crippen molar-refractivity contribution < 1.29 is 33.4 Å². The molecule has 6 aromatic rings. The third kappa shape index (κ3) is 8.04. The molecule has 2 aliphatic heterocycles. The number of ketones is 3. The number of ether oxygens (including phenoxy) is 2. The van der Waals surface area contributed by atoms with E-state index in [0.717, 1.165) is 11.1 Å². The summed E-state index contributed by atoms with van der Waals surface area (Å²) in [5.74, 6) is -1.66. The molecule has 64 heavy (non-hydrogen) atoms. The third-order valence-electron chi connectivity index (χ3n) is 12.1. The van der Waals surface area contributed by atoms with Crippen molar-refractivity contribution in [3.8, 4) is 0 Å². The average molecular weight is 851 g/mol. The number of H-pyrrole nitrogens is 2. The Balaban J connectivity index is 1.56. The first-order valence-electron chi connectivity index (χ1n) is 21.0. The minimum Gasteiger partial charge on any atom is -0.469 e. The highest BCUT2D eigenvalue weighted by Gasteiger charge is 2.30. The van der Waals surface area contributed by atoms with Crippen LogP contribution in [0.1, 0.15) is 115 Å². The van der Waals surface area contributed by atoms with Gasteiger partial charge in [-0.15, -0.1) is 0 Å². The standard InChI is InChI=1S/C53H46N4O7/c1-29-36(22-24-44(58)63-5)49-48(53(62)35-20-14-9-15-21-35)50-37(23-25-45(59)64-6)30(2)39(57-50)27-42-47(52(61)34-18-12-8-13-19-34)32(4)41(55-42)28-43-46(51(60)33-16-10-7-11-17-33)31(3)40(54-43)26-38(29)56-49/h7-21,26-28,54,57H,22-25H2,1-6H3. The molecule has 0 saturated heterocycles. The van der Waals surface area contributed by atoms with Crippen molar-refractivity contribution in [3.05, 3.63) is 176 Å². The second kappa shape index (κ2) is 17.9. The molecule has 0 spiro atoms. The van der Waals surface area contributed by atoms with Gasteiger partial charge in [0.15, 0.2) is 17.3 Å². The number of Topliss-reactive ketones (excluding diaryl/α,β-unsaturated/α-hetero) is 1. The number of allylic oxidation sites excluding steroid dienone is 4. The number of carbonyl (C=O) groups is 5. The number of aromatic amines is 2. The summed E-state index contributed by atoms with van der Waals surface area (Å²) in [6, 6.07) is 32.3. The quantitative estimate of drug-likeness (QED) is 0.0902. The van der Waals surface area contributed by atoms with Crippen LogP contribution in [0.5, 0.6) is 0 Å². The van der Waals surface area contributed by atoms with Crippen LogP contribution in [0, 0.1) is 13.8 Å². The summed E-state index contributed by atoms with van der Waals surface area (Å²) < 4.78 is 10.1. The summed E-state index contributed by atoms with van der Waals surface area (Å²) in [5, 5.41) is 0. The molecule has 8 bridgehead atoms. The number of fused-ring (bicyclic) bond motifs is 8. The van der Waals surface area contributed by atoms with E-state index >= 15 is 4.79 Å². The van der Waals surface area contributed by atoms with E-state index in [1.165, 1.54) is 14.2 Å². The summed E-state index contributed by atoms with van der Waals surface area (Å²) in [6.45, 7) is 7.50. The predicted octanol–water partition coefficient (Wildman–Crippen LogP) is 10.2. The molecular formula is C53H46N4O7. The lowest BCUT2D eigenvalue weighted by molar-refractivity contribution is -0.141. The lowest BCUT2D eigenvalue weighted by atomic mass is 9.92. The largest absolute Gasteiger partial charge is 0.469 e. The van der Waals surface area contributed by atoms with Crippen molar-refractivity contribution in [2.75, 3.05) is 14.2 Å². The molecule has 2 aliphatic rings. The number of hydrogen-bond donors (Lipinski definition) is 2. The smallest absolute Gasteiger partial charge is 0.305 e. The van der Waals surface area contributed by atoms with Gasteiger partial charge in [-0.05, 0) is 92.1 Å².